The molecular formula is C17H26N4O2. The molecule has 0 bridgehead atoms. The van der Waals surface area contributed by atoms with Crippen molar-refractivity contribution in [2.24, 2.45) is 0 Å². The molecule has 0 spiro atoms. The van der Waals surface area contributed by atoms with E-state index in [0.29, 0.717) is 11.9 Å². The first-order chi connectivity index (χ1) is 11.2. The maximum absolute atomic E-state index is 12.3. The Kier molecular flexibility index (Phi) is 5.33. The van der Waals surface area contributed by atoms with E-state index in [4.69, 9.17) is 4.74 Å². The second-order valence-electron chi connectivity index (χ2n) is 6.40. The number of pyridine rings is 1. The summed E-state index contributed by atoms with van der Waals surface area (Å²) in [4.78, 5) is 20.8. The van der Waals surface area contributed by atoms with Crippen LogP contribution in [0.4, 0.5) is 4.79 Å². The molecule has 0 radical (unpaired) electrons. The van der Waals surface area contributed by atoms with Crippen LogP contribution in [0.2, 0.25) is 0 Å². The number of aromatic nitrogens is 1. The van der Waals surface area contributed by atoms with Gasteiger partial charge >= 0.3 is 6.03 Å². The molecule has 126 valence electrons. The molecule has 0 unspecified atom stereocenters. The van der Waals surface area contributed by atoms with Crippen molar-refractivity contribution in [3.63, 3.8) is 0 Å². The van der Waals surface area contributed by atoms with Crippen molar-refractivity contribution < 1.29 is 9.53 Å². The molecule has 1 N–H and O–H groups in total. The zero-order valence-electron chi connectivity index (χ0n) is 13.8. The van der Waals surface area contributed by atoms with Crippen molar-refractivity contribution in [2.75, 3.05) is 33.3 Å². The number of urea groups is 1. The van der Waals surface area contributed by atoms with Crippen LogP contribution in [0.3, 0.4) is 0 Å². The van der Waals surface area contributed by atoms with Crippen LogP contribution in [-0.2, 0) is 6.54 Å². The van der Waals surface area contributed by atoms with Crippen LogP contribution >= 0.6 is 0 Å². The maximum Gasteiger partial charge on any atom is 0.317 e. The Morgan fingerprint density at radius 2 is 2.00 bits per heavy atom. The second-order valence-corrected chi connectivity index (χ2v) is 6.40. The summed E-state index contributed by atoms with van der Waals surface area (Å²) in [6.45, 7) is 4.27. The standard InChI is InChI=1S/C17H26N4O2/c1-23-16-7-6-14(12-18-16)13-20-8-10-21(11-9-20)17(22)19-15-4-2-3-5-15/h6-7,12,15H,2-5,8-11,13H2,1H3,(H,19,22). The smallest absolute Gasteiger partial charge is 0.317 e. The number of nitrogens with zero attached hydrogens (tertiary/aromatic N) is 3. The number of nitrogens with one attached hydrogen (secondary N) is 1. The van der Waals surface area contributed by atoms with Gasteiger partial charge in [0.1, 0.15) is 0 Å². The van der Waals surface area contributed by atoms with Gasteiger partial charge in [-0.2, -0.15) is 0 Å². The number of amides is 2. The van der Waals surface area contributed by atoms with Gasteiger partial charge in [0, 0.05) is 51.0 Å². The van der Waals surface area contributed by atoms with Crippen LogP contribution in [0.1, 0.15) is 31.2 Å². The molecule has 1 aliphatic heterocycles. The SMILES string of the molecule is COc1ccc(CN2CCN(C(=O)NC3CCCC3)CC2)cn1. The third-order valence-electron chi connectivity index (χ3n) is 4.76. The number of methoxy groups -OCH3 is 1. The summed E-state index contributed by atoms with van der Waals surface area (Å²) in [6.07, 6.45) is 6.62. The van der Waals surface area contributed by atoms with Crippen LogP contribution in [0, 0.1) is 0 Å². The van der Waals surface area contributed by atoms with E-state index in [9.17, 15) is 4.79 Å². The quantitative estimate of drug-likeness (QED) is 0.920. The molecule has 1 aliphatic carbocycles. The van der Waals surface area contributed by atoms with Crippen molar-refractivity contribution in [1.29, 1.82) is 0 Å². The summed E-state index contributed by atoms with van der Waals surface area (Å²) >= 11 is 0. The summed E-state index contributed by atoms with van der Waals surface area (Å²) in [7, 11) is 1.62. The van der Waals surface area contributed by atoms with Crippen LogP contribution in [0.15, 0.2) is 18.3 Å². The Hall–Kier alpha value is -1.82. The lowest BCUT2D eigenvalue weighted by molar-refractivity contribution is 0.133. The molecule has 0 atom stereocenters. The average molecular weight is 318 g/mol. The number of hydrogen-bond acceptors (Lipinski definition) is 4. The number of hydrogen-bond donors (Lipinski definition) is 1. The van der Waals surface area contributed by atoms with E-state index in [1.807, 2.05) is 23.2 Å². The van der Waals surface area contributed by atoms with Crippen molar-refractivity contribution >= 4 is 6.03 Å². The summed E-state index contributed by atoms with van der Waals surface area (Å²) in [5, 5.41) is 3.17. The fourth-order valence-electron chi connectivity index (χ4n) is 3.33. The van der Waals surface area contributed by atoms with E-state index in [-0.39, 0.29) is 6.03 Å². The highest BCUT2D eigenvalue weighted by atomic mass is 16.5. The lowest BCUT2D eigenvalue weighted by atomic mass is 10.2. The predicted molar refractivity (Wildman–Crippen MR) is 88.4 cm³/mol. The predicted octanol–water partition coefficient (Wildman–Crippen LogP) is 1.86. The molecule has 1 aromatic rings. The fourth-order valence-corrected chi connectivity index (χ4v) is 3.33. The number of carbonyl (C=O) groups excluding carboxylic acids is 1. The monoisotopic (exact) mass is 318 g/mol. The first-order valence-electron chi connectivity index (χ1n) is 8.51. The summed E-state index contributed by atoms with van der Waals surface area (Å²) < 4.78 is 5.08. The molecule has 1 aromatic heterocycles. The molecule has 0 aromatic carbocycles. The Bertz CT molecular complexity index is 506. The Labute approximate surface area is 137 Å². The minimum atomic E-state index is 0.114. The van der Waals surface area contributed by atoms with Gasteiger partial charge in [-0.3, -0.25) is 4.90 Å². The van der Waals surface area contributed by atoms with Crippen molar-refractivity contribution in [1.82, 2.24) is 20.1 Å². The fraction of sp³-hybridized carbons (Fsp3) is 0.647. The summed E-state index contributed by atoms with van der Waals surface area (Å²) in [5.41, 5.74) is 1.18. The normalized spacial score (nSPS) is 19.8. The minimum Gasteiger partial charge on any atom is -0.481 e. The van der Waals surface area contributed by atoms with Gasteiger partial charge in [-0.1, -0.05) is 18.9 Å². The van der Waals surface area contributed by atoms with Gasteiger partial charge in [0.25, 0.3) is 0 Å². The number of rotatable bonds is 4. The van der Waals surface area contributed by atoms with E-state index >= 15 is 0 Å². The number of piperazine rings is 1. The lowest BCUT2D eigenvalue weighted by Gasteiger charge is -2.35. The van der Waals surface area contributed by atoms with Crippen LogP contribution < -0.4 is 10.1 Å². The highest BCUT2D eigenvalue weighted by Gasteiger charge is 2.24. The molecule has 6 nitrogen and oxygen atoms in total. The van der Waals surface area contributed by atoms with Crippen LogP contribution in [0.5, 0.6) is 5.88 Å². The van der Waals surface area contributed by atoms with E-state index in [1.165, 1.54) is 18.4 Å². The van der Waals surface area contributed by atoms with Crippen molar-refractivity contribution in [3.05, 3.63) is 23.9 Å². The van der Waals surface area contributed by atoms with Crippen LogP contribution in [-0.4, -0.2) is 60.1 Å². The van der Waals surface area contributed by atoms with Crippen molar-refractivity contribution in [3.8, 4) is 5.88 Å². The molecule has 1 saturated heterocycles. The molecule has 23 heavy (non-hydrogen) atoms. The van der Waals surface area contributed by atoms with Gasteiger partial charge in [0.15, 0.2) is 0 Å². The largest absolute Gasteiger partial charge is 0.481 e. The lowest BCUT2D eigenvalue weighted by Crippen LogP contribution is -2.52. The van der Waals surface area contributed by atoms with Gasteiger partial charge in [-0.25, -0.2) is 9.78 Å². The average Bonchev–Trinajstić information content (AvgIpc) is 3.09. The maximum atomic E-state index is 12.3. The zero-order chi connectivity index (χ0) is 16.1. The van der Waals surface area contributed by atoms with Gasteiger partial charge < -0.3 is 15.0 Å². The Morgan fingerprint density at radius 1 is 1.26 bits per heavy atom. The highest BCUT2D eigenvalue weighted by molar-refractivity contribution is 5.74. The molecular weight excluding hydrogens is 292 g/mol. The molecule has 1 saturated carbocycles. The Morgan fingerprint density at radius 3 is 2.61 bits per heavy atom. The third-order valence-corrected chi connectivity index (χ3v) is 4.76. The first-order valence-corrected chi connectivity index (χ1v) is 8.51. The highest BCUT2D eigenvalue weighted by Crippen LogP contribution is 2.18. The first kappa shape index (κ1) is 16.1. The number of ether oxygens (including phenoxy) is 1. The van der Waals surface area contributed by atoms with E-state index in [0.717, 1.165) is 45.6 Å². The second kappa shape index (κ2) is 7.64. The summed E-state index contributed by atoms with van der Waals surface area (Å²) in [6, 6.07) is 4.44. The van der Waals surface area contributed by atoms with E-state index in [1.54, 1.807) is 7.11 Å². The molecule has 2 amide bonds. The van der Waals surface area contributed by atoms with E-state index < -0.39 is 0 Å². The molecule has 2 aliphatic rings. The molecule has 3 rings (SSSR count). The Balaban J connectivity index is 1.43. The van der Waals surface area contributed by atoms with Crippen molar-refractivity contribution in [2.45, 2.75) is 38.3 Å². The molecule has 2 heterocycles. The van der Waals surface area contributed by atoms with Gasteiger partial charge in [-0.05, 0) is 18.4 Å². The van der Waals surface area contributed by atoms with Crippen LogP contribution in [0.25, 0.3) is 0 Å². The van der Waals surface area contributed by atoms with Gasteiger partial charge in [-0.15, -0.1) is 0 Å². The van der Waals surface area contributed by atoms with Gasteiger partial charge in [0.05, 0.1) is 7.11 Å². The topological polar surface area (TPSA) is 57.7 Å². The third kappa shape index (κ3) is 4.34. The summed E-state index contributed by atoms with van der Waals surface area (Å²) in [5.74, 6) is 0.641. The minimum absolute atomic E-state index is 0.114. The number of carbonyl (C=O) groups is 1. The molecule has 6 heteroatoms. The van der Waals surface area contributed by atoms with Gasteiger partial charge in [0.2, 0.25) is 5.88 Å². The molecule has 2 fully saturated rings. The van der Waals surface area contributed by atoms with E-state index in [2.05, 4.69) is 15.2 Å². The zero-order valence-corrected chi connectivity index (χ0v) is 13.8.